The molecule has 1 atom stereocenters. The number of rotatable bonds is 4. The van der Waals surface area contributed by atoms with E-state index in [4.69, 9.17) is 9.47 Å². The zero-order valence-electron chi connectivity index (χ0n) is 13.2. The smallest absolute Gasteiger partial charge is 0.161 e. The molecule has 1 aromatic rings. The Morgan fingerprint density at radius 1 is 1.19 bits per heavy atom. The van der Waals surface area contributed by atoms with Crippen molar-refractivity contribution in [1.82, 2.24) is 10.2 Å². The molecule has 1 saturated heterocycles. The second kappa shape index (κ2) is 6.67. The standard InChI is InChI=1S/C17H26N2O2/c1-20-16-8-14-5-7-19(11-13-4-3-6-18-10-13)12-15(14)9-17(16)21-2/h8-9,13,18H,3-7,10-12H2,1-2H3. The van der Waals surface area contributed by atoms with Crippen LogP contribution in [0.2, 0.25) is 0 Å². The number of ether oxygens (including phenoxy) is 2. The summed E-state index contributed by atoms with van der Waals surface area (Å²) in [6.45, 7) is 5.76. The molecule has 1 aromatic carbocycles. The van der Waals surface area contributed by atoms with Gasteiger partial charge in [-0.2, -0.15) is 0 Å². The van der Waals surface area contributed by atoms with Crippen LogP contribution in [0.5, 0.6) is 11.5 Å². The van der Waals surface area contributed by atoms with Gasteiger partial charge in [0.15, 0.2) is 11.5 Å². The molecule has 0 spiro atoms. The maximum atomic E-state index is 5.43. The summed E-state index contributed by atoms with van der Waals surface area (Å²) in [6.07, 6.45) is 3.79. The molecule has 116 valence electrons. The van der Waals surface area contributed by atoms with E-state index in [0.717, 1.165) is 36.9 Å². The third-order valence-electron chi connectivity index (χ3n) is 4.71. The van der Waals surface area contributed by atoms with Crippen LogP contribution < -0.4 is 14.8 Å². The number of fused-ring (bicyclic) bond motifs is 1. The SMILES string of the molecule is COc1cc2c(cc1OC)CN(CC1CCCNC1)CC2. The first-order valence-corrected chi connectivity index (χ1v) is 7.97. The summed E-state index contributed by atoms with van der Waals surface area (Å²) in [7, 11) is 3.41. The van der Waals surface area contributed by atoms with Crippen LogP contribution in [0.3, 0.4) is 0 Å². The molecule has 2 heterocycles. The Bertz CT molecular complexity index is 484. The van der Waals surface area contributed by atoms with E-state index in [9.17, 15) is 0 Å². The highest BCUT2D eigenvalue weighted by molar-refractivity contribution is 5.48. The van der Waals surface area contributed by atoms with Gasteiger partial charge in [0.1, 0.15) is 0 Å². The quantitative estimate of drug-likeness (QED) is 0.920. The van der Waals surface area contributed by atoms with Crippen LogP contribution in [0.1, 0.15) is 24.0 Å². The summed E-state index contributed by atoms with van der Waals surface area (Å²) in [5.41, 5.74) is 2.80. The Hall–Kier alpha value is -1.26. The van der Waals surface area contributed by atoms with Gasteiger partial charge < -0.3 is 14.8 Å². The van der Waals surface area contributed by atoms with Crippen molar-refractivity contribution in [3.8, 4) is 11.5 Å². The number of methoxy groups -OCH3 is 2. The third-order valence-corrected chi connectivity index (χ3v) is 4.71. The molecule has 1 N–H and O–H groups in total. The minimum atomic E-state index is 0.806. The predicted molar refractivity (Wildman–Crippen MR) is 84.1 cm³/mol. The summed E-state index contributed by atoms with van der Waals surface area (Å²) in [4.78, 5) is 2.59. The third kappa shape index (κ3) is 3.33. The molecule has 0 aliphatic carbocycles. The lowest BCUT2D eigenvalue weighted by Crippen LogP contribution is -2.40. The average Bonchev–Trinajstić information content (AvgIpc) is 2.54. The molecule has 0 aromatic heterocycles. The van der Waals surface area contributed by atoms with E-state index >= 15 is 0 Å². The lowest BCUT2D eigenvalue weighted by Gasteiger charge is -2.33. The number of nitrogens with one attached hydrogen (secondary N) is 1. The molecule has 0 bridgehead atoms. The zero-order valence-corrected chi connectivity index (χ0v) is 13.2. The lowest BCUT2D eigenvalue weighted by molar-refractivity contribution is 0.193. The summed E-state index contributed by atoms with van der Waals surface area (Å²) < 4.78 is 10.8. The molecule has 2 aliphatic rings. The van der Waals surface area contributed by atoms with Gasteiger partial charge in [-0.05, 0) is 61.5 Å². The monoisotopic (exact) mass is 290 g/mol. The van der Waals surface area contributed by atoms with Crippen LogP contribution in [0.4, 0.5) is 0 Å². The molecule has 0 saturated carbocycles. The van der Waals surface area contributed by atoms with Gasteiger partial charge in [-0.15, -0.1) is 0 Å². The highest BCUT2D eigenvalue weighted by atomic mass is 16.5. The molecule has 21 heavy (non-hydrogen) atoms. The van der Waals surface area contributed by atoms with Crippen molar-refractivity contribution >= 4 is 0 Å². The van der Waals surface area contributed by atoms with Crippen LogP contribution >= 0.6 is 0 Å². The second-order valence-electron chi connectivity index (χ2n) is 6.17. The van der Waals surface area contributed by atoms with Gasteiger partial charge in [-0.1, -0.05) is 0 Å². The van der Waals surface area contributed by atoms with E-state index in [1.807, 2.05) is 0 Å². The molecule has 3 rings (SSSR count). The summed E-state index contributed by atoms with van der Waals surface area (Å²) in [5, 5.41) is 3.51. The van der Waals surface area contributed by atoms with Crippen molar-refractivity contribution in [1.29, 1.82) is 0 Å². The van der Waals surface area contributed by atoms with Crippen molar-refractivity contribution in [3.05, 3.63) is 23.3 Å². The molecule has 1 unspecified atom stereocenters. The Morgan fingerprint density at radius 3 is 2.62 bits per heavy atom. The fourth-order valence-corrected chi connectivity index (χ4v) is 3.54. The van der Waals surface area contributed by atoms with Crippen molar-refractivity contribution < 1.29 is 9.47 Å². The van der Waals surface area contributed by atoms with Gasteiger partial charge in [0, 0.05) is 19.6 Å². The Morgan fingerprint density at radius 2 is 1.95 bits per heavy atom. The Labute approximate surface area is 127 Å². The normalized spacial score (nSPS) is 22.7. The average molecular weight is 290 g/mol. The van der Waals surface area contributed by atoms with Gasteiger partial charge >= 0.3 is 0 Å². The van der Waals surface area contributed by atoms with Crippen molar-refractivity contribution in [2.45, 2.75) is 25.8 Å². The van der Waals surface area contributed by atoms with Crippen LogP contribution in [0.25, 0.3) is 0 Å². The molecule has 0 amide bonds. The number of hydrogen-bond donors (Lipinski definition) is 1. The lowest BCUT2D eigenvalue weighted by atomic mass is 9.95. The summed E-state index contributed by atoms with van der Waals surface area (Å²) >= 11 is 0. The topological polar surface area (TPSA) is 33.7 Å². The maximum Gasteiger partial charge on any atom is 0.161 e. The van der Waals surface area contributed by atoms with Crippen LogP contribution in [-0.2, 0) is 13.0 Å². The van der Waals surface area contributed by atoms with E-state index in [1.54, 1.807) is 14.2 Å². The van der Waals surface area contributed by atoms with Crippen molar-refractivity contribution in [2.24, 2.45) is 5.92 Å². The molecule has 0 radical (unpaired) electrons. The second-order valence-corrected chi connectivity index (χ2v) is 6.17. The fourth-order valence-electron chi connectivity index (χ4n) is 3.54. The minimum absolute atomic E-state index is 0.806. The first kappa shape index (κ1) is 14.7. The van der Waals surface area contributed by atoms with E-state index in [1.165, 1.54) is 43.6 Å². The Balaban J connectivity index is 1.69. The minimum Gasteiger partial charge on any atom is -0.493 e. The van der Waals surface area contributed by atoms with Crippen molar-refractivity contribution in [3.63, 3.8) is 0 Å². The van der Waals surface area contributed by atoms with Crippen LogP contribution in [0.15, 0.2) is 12.1 Å². The van der Waals surface area contributed by atoms with Gasteiger partial charge in [0.2, 0.25) is 0 Å². The number of benzene rings is 1. The largest absolute Gasteiger partial charge is 0.493 e. The van der Waals surface area contributed by atoms with Gasteiger partial charge in [-0.3, -0.25) is 4.90 Å². The van der Waals surface area contributed by atoms with E-state index < -0.39 is 0 Å². The zero-order chi connectivity index (χ0) is 14.7. The molecular weight excluding hydrogens is 264 g/mol. The summed E-state index contributed by atoms with van der Waals surface area (Å²) in [5.74, 6) is 2.50. The predicted octanol–water partition coefficient (Wildman–Crippen LogP) is 2.06. The fraction of sp³-hybridized carbons (Fsp3) is 0.647. The highest BCUT2D eigenvalue weighted by Crippen LogP contribution is 2.33. The number of piperidine rings is 1. The van der Waals surface area contributed by atoms with Crippen LogP contribution in [0, 0.1) is 5.92 Å². The number of nitrogens with zero attached hydrogens (tertiary/aromatic N) is 1. The molecule has 4 nitrogen and oxygen atoms in total. The first-order chi connectivity index (χ1) is 10.3. The molecule has 1 fully saturated rings. The van der Waals surface area contributed by atoms with Gasteiger partial charge in [-0.25, -0.2) is 0 Å². The molecule has 4 heteroatoms. The molecule has 2 aliphatic heterocycles. The molecular formula is C17H26N2O2. The van der Waals surface area contributed by atoms with E-state index in [-0.39, 0.29) is 0 Å². The van der Waals surface area contributed by atoms with Crippen molar-refractivity contribution in [2.75, 3.05) is 40.4 Å². The Kier molecular flexibility index (Phi) is 4.66. The van der Waals surface area contributed by atoms with Gasteiger partial charge in [0.25, 0.3) is 0 Å². The van der Waals surface area contributed by atoms with Gasteiger partial charge in [0.05, 0.1) is 14.2 Å². The van der Waals surface area contributed by atoms with E-state index in [2.05, 4.69) is 22.3 Å². The van der Waals surface area contributed by atoms with Crippen LogP contribution in [-0.4, -0.2) is 45.3 Å². The maximum absolute atomic E-state index is 5.43. The summed E-state index contributed by atoms with van der Waals surface area (Å²) in [6, 6.07) is 4.30. The highest BCUT2D eigenvalue weighted by Gasteiger charge is 2.22. The number of hydrogen-bond acceptors (Lipinski definition) is 4. The first-order valence-electron chi connectivity index (χ1n) is 7.97. The van der Waals surface area contributed by atoms with E-state index in [0.29, 0.717) is 0 Å².